The number of nitrogens with zero attached hydrogens (tertiary/aromatic N) is 5. The molecule has 0 bridgehead atoms. The monoisotopic (exact) mass is 486 g/mol. The van der Waals surface area contributed by atoms with E-state index in [9.17, 15) is 4.79 Å². The number of pyridine rings is 1. The zero-order valence-corrected chi connectivity index (χ0v) is 18.9. The smallest absolute Gasteiger partial charge is 0.209 e. The summed E-state index contributed by atoms with van der Waals surface area (Å²) in [6, 6.07) is 9.00. The van der Waals surface area contributed by atoms with E-state index in [2.05, 4.69) is 20.3 Å². The summed E-state index contributed by atoms with van der Waals surface area (Å²) in [5.74, 6) is 1.17. The molecule has 1 aliphatic rings. The zero-order valence-electron chi connectivity index (χ0n) is 16.5. The minimum atomic E-state index is -0.307. The molecule has 1 unspecified atom stereocenters. The number of nitrogens with one attached hydrogen (secondary N) is 1. The SMILES string of the molecule is O=CN1CCOC(c2cc(Nc3nccc4nc(-c5c(Cl)cccc5Cl)sc34)ncn2)C1. The molecule has 8 nitrogen and oxygen atoms in total. The van der Waals surface area contributed by atoms with E-state index in [4.69, 9.17) is 32.9 Å². The van der Waals surface area contributed by atoms with E-state index in [0.717, 1.165) is 16.6 Å². The maximum absolute atomic E-state index is 11.1. The number of carbonyl (C=O) groups excluding carboxylic acids is 1. The molecule has 1 amide bonds. The molecule has 0 saturated carbocycles. The van der Waals surface area contributed by atoms with Crippen LogP contribution in [0, 0.1) is 0 Å². The second-order valence-electron chi connectivity index (χ2n) is 7.04. The Kier molecular flexibility index (Phi) is 5.88. The average molecular weight is 487 g/mol. The molecule has 4 aromatic rings. The van der Waals surface area contributed by atoms with Crippen molar-refractivity contribution in [1.29, 1.82) is 0 Å². The molecule has 1 atom stereocenters. The summed E-state index contributed by atoms with van der Waals surface area (Å²) >= 11 is 14.2. The Bertz CT molecular complexity index is 1280. The first-order valence-corrected chi connectivity index (χ1v) is 11.3. The van der Waals surface area contributed by atoms with Gasteiger partial charge in [0.2, 0.25) is 6.41 Å². The first-order valence-electron chi connectivity index (χ1n) is 9.72. The first-order chi connectivity index (χ1) is 15.6. The molecule has 5 rings (SSSR count). The molecule has 1 aliphatic heterocycles. The highest BCUT2D eigenvalue weighted by Gasteiger charge is 2.23. The molecule has 162 valence electrons. The molecule has 0 radical (unpaired) electrons. The van der Waals surface area contributed by atoms with Gasteiger partial charge in [0.25, 0.3) is 0 Å². The summed E-state index contributed by atoms with van der Waals surface area (Å²) < 4.78 is 6.63. The third-order valence-electron chi connectivity index (χ3n) is 4.99. The summed E-state index contributed by atoms with van der Waals surface area (Å²) in [6.07, 6.45) is 3.66. The number of morpholine rings is 1. The van der Waals surface area contributed by atoms with Crippen LogP contribution in [0.3, 0.4) is 0 Å². The van der Waals surface area contributed by atoms with Crippen LogP contribution in [0.15, 0.2) is 42.9 Å². The van der Waals surface area contributed by atoms with Crippen LogP contribution in [0.1, 0.15) is 11.8 Å². The van der Waals surface area contributed by atoms with Crippen molar-refractivity contribution in [3.8, 4) is 10.6 Å². The Hall–Kier alpha value is -2.85. The lowest BCUT2D eigenvalue weighted by Gasteiger charge is -2.29. The largest absolute Gasteiger partial charge is 0.368 e. The van der Waals surface area contributed by atoms with Gasteiger partial charge in [0.05, 0.1) is 39.1 Å². The standard InChI is InChI=1S/C21H16Cl2N6O2S/c22-12-2-1-3-13(23)18(12)21-27-14-4-5-24-20(19(14)32-21)28-17-8-15(25-10-26-17)16-9-29(11-30)6-7-31-16/h1-5,8,10-11,16H,6-7,9H2,(H,24,25,26,28). The van der Waals surface area contributed by atoms with E-state index in [1.54, 1.807) is 35.4 Å². The average Bonchev–Trinajstić information content (AvgIpc) is 3.24. The topological polar surface area (TPSA) is 93.1 Å². The summed E-state index contributed by atoms with van der Waals surface area (Å²) in [5, 5.41) is 5.03. The summed E-state index contributed by atoms with van der Waals surface area (Å²) in [6.45, 7) is 1.49. The van der Waals surface area contributed by atoms with E-state index in [1.807, 2.05) is 6.07 Å². The van der Waals surface area contributed by atoms with Crippen LogP contribution in [0.4, 0.5) is 11.6 Å². The Morgan fingerprint density at radius 3 is 2.84 bits per heavy atom. The van der Waals surface area contributed by atoms with Crippen LogP contribution in [-0.4, -0.2) is 50.9 Å². The Morgan fingerprint density at radius 1 is 1.19 bits per heavy atom. The zero-order chi connectivity index (χ0) is 22.1. The van der Waals surface area contributed by atoms with Crippen LogP contribution in [-0.2, 0) is 9.53 Å². The number of fused-ring (bicyclic) bond motifs is 1. The van der Waals surface area contributed by atoms with Crippen molar-refractivity contribution in [2.75, 3.05) is 25.0 Å². The van der Waals surface area contributed by atoms with Crippen molar-refractivity contribution in [3.63, 3.8) is 0 Å². The molecular formula is C21H16Cl2N6O2S. The molecule has 32 heavy (non-hydrogen) atoms. The molecule has 3 aromatic heterocycles. The van der Waals surface area contributed by atoms with Gasteiger partial charge in [-0.3, -0.25) is 4.79 Å². The number of rotatable bonds is 5. The van der Waals surface area contributed by atoms with Crippen molar-refractivity contribution in [2.24, 2.45) is 0 Å². The predicted molar refractivity (Wildman–Crippen MR) is 125 cm³/mol. The highest BCUT2D eigenvalue weighted by atomic mass is 35.5. The second kappa shape index (κ2) is 8.95. The fourth-order valence-corrected chi connectivity index (χ4v) is 5.20. The molecule has 1 aromatic carbocycles. The Labute approximate surface area is 197 Å². The van der Waals surface area contributed by atoms with Gasteiger partial charge < -0.3 is 15.0 Å². The lowest BCUT2D eigenvalue weighted by atomic mass is 10.2. The van der Waals surface area contributed by atoms with Gasteiger partial charge in [-0.2, -0.15) is 0 Å². The number of anilines is 2. The molecule has 0 aliphatic carbocycles. The number of benzene rings is 1. The van der Waals surface area contributed by atoms with E-state index >= 15 is 0 Å². The van der Waals surface area contributed by atoms with E-state index in [-0.39, 0.29) is 6.10 Å². The van der Waals surface area contributed by atoms with Gasteiger partial charge in [0, 0.05) is 24.4 Å². The number of halogens is 2. The van der Waals surface area contributed by atoms with Crippen molar-refractivity contribution in [3.05, 3.63) is 58.6 Å². The van der Waals surface area contributed by atoms with Gasteiger partial charge in [-0.15, -0.1) is 11.3 Å². The normalized spacial score (nSPS) is 16.3. The van der Waals surface area contributed by atoms with Crippen molar-refractivity contribution < 1.29 is 9.53 Å². The highest BCUT2D eigenvalue weighted by Crippen LogP contribution is 2.40. The fourth-order valence-electron chi connectivity index (χ4n) is 3.44. The molecule has 1 fully saturated rings. The number of hydrogen-bond acceptors (Lipinski definition) is 8. The fraction of sp³-hybridized carbons (Fsp3) is 0.190. The first kappa shape index (κ1) is 21.0. The summed E-state index contributed by atoms with van der Waals surface area (Å²) in [5.41, 5.74) is 2.15. The maximum Gasteiger partial charge on any atom is 0.209 e. The summed E-state index contributed by atoms with van der Waals surface area (Å²) in [7, 11) is 0. The number of carbonyl (C=O) groups is 1. The van der Waals surface area contributed by atoms with E-state index in [1.165, 1.54) is 17.7 Å². The third kappa shape index (κ3) is 4.12. The minimum Gasteiger partial charge on any atom is -0.368 e. The predicted octanol–water partition coefficient (Wildman–Crippen LogP) is 4.73. The quantitative estimate of drug-likeness (QED) is 0.407. The lowest BCUT2D eigenvalue weighted by Crippen LogP contribution is -2.37. The molecule has 11 heteroatoms. The highest BCUT2D eigenvalue weighted by molar-refractivity contribution is 7.22. The molecular weight excluding hydrogens is 471 g/mol. The van der Waals surface area contributed by atoms with Crippen molar-refractivity contribution >= 4 is 62.8 Å². The number of ether oxygens (including phenoxy) is 1. The van der Waals surface area contributed by atoms with Crippen LogP contribution in [0.2, 0.25) is 10.0 Å². The summed E-state index contributed by atoms with van der Waals surface area (Å²) in [4.78, 5) is 30.6. The maximum atomic E-state index is 11.1. The van der Waals surface area contributed by atoms with Gasteiger partial charge in [0.15, 0.2) is 5.82 Å². The van der Waals surface area contributed by atoms with Gasteiger partial charge in [-0.1, -0.05) is 29.3 Å². The molecule has 1 N–H and O–H groups in total. The number of amides is 1. The Balaban J connectivity index is 1.46. The second-order valence-corrected chi connectivity index (χ2v) is 8.85. The number of aromatic nitrogens is 4. The van der Waals surface area contributed by atoms with Gasteiger partial charge in [-0.25, -0.2) is 19.9 Å². The minimum absolute atomic E-state index is 0.307. The van der Waals surface area contributed by atoms with Gasteiger partial charge in [0.1, 0.15) is 23.3 Å². The third-order valence-corrected chi connectivity index (χ3v) is 6.72. The van der Waals surface area contributed by atoms with Crippen molar-refractivity contribution in [1.82, 2.24) is 24.8 Å². The van der Waals surface area contributed by atoms with Gasteiger partial charge in [-0.05, 0) is 18.2 Å². The van der Waals surface area contributed by atoms with E-state index in [0.29, 0.717) is 57.6 Å². The van der Waals surface area contributed by atoms with Gasteiger partial charge >= 0.3 is 0 Å². The lowest BCUT2D eigenvalue weighted by molar-refractivity contribution is -0.125. The van der Waals surface area contributed by atoms with Crippen LogP contribution in [0.25, 0.3) is 20.8 Å². The van der Waals surface area contributed by atoms with Crippen LogP contribution >= 0.6 is 34.5 Å². The van der Waals surface area contributed by atoms with E-state index < -0.39 is 0 Å². The van der Waals surface area contributed by atoms with Crippen molar-refractivity contribution in [2.45, 2.75) is 6.10 Å². The van der Waals surface area contributed by atoms with Crippen LogP contribution in [0.5, 0.6) is 0 Å². The molecule has 1 saturated heterocycles. The molecule has 4 heterocycles. The Morgan fingerprint density at radius 2 is 2.03 bits per heavy atom. The number of thiazole rings is 1. The van der Waals surface area contributed by atoms with Crippen LogP contribution < -0.4 is 5.32 Å². The molecule has 0 spiro atoms. The number of hydrogen-bond donors (Lipinski definition) is 1.